The maximum Gasteiger partial charge on any atom is 0.0841 e. The molecule has 0 saturated heterocycles. The highest BCUT2D eigenvalue weighted by molar-refractivity contribution is 14.1. The van der Waals surface area contributed by atoms with Crippen molar-refractivity contribution in [3.8, 4) is 0 Å². The first kappa shape index (κ1) is 12.6. The number of benzene rings is 1. The number of aliphatic hydroxyl groups is 1. The molecule has 2 rings (SSSR count). The molecule has 1 N–H and O–H groups in total. The van der Waals surface area contributed by atoms with Crippen LogP contribution >= 0.6 is 22.6 Å². The number of rotatable bonds is 3. The van der Waals surface area contributed by atoms with Crippen LogP contribution in [0.25, 0.3) is 0 Å². The highest BCUT2D eigenvalue weighted by Crippen LogP contribution is 2.25. The van der Waals surface area contributed by atoms with Gasteiger partial charge in [0.15, 0.2) is 0 Å². The van der Waals surface area contributed by atoms with Gasteiger partial charge in [-0.1, -0.05) is 18.2 Å². The molecule has 0 bridgehead atoms. The molecule has 0 amide bonds. The van der Waals surface area contributed by atoms with Gasteiger partial charge in [0.1, 0.15) is 0 Å². The normalized spacial score (nSPS) is 12.7. The Labute approximate surface area is 115 Å². The van der Waals surface area contributed by atoms with Gasteiger partial charge in [-0.25, -0.2) is 0 Å². The standard InChI is InChI=1S/C13H15IN2O/c1-9-4-3-5-11(13(9)14)12(17)6-10-7-15-16(2)8-10/h3-5,7-8,12,17H,6H2,1-2H3. The minimum Gasteiger partial charge on any atom is -0.388 e. The minimum absolute atomic E-state index is 0.467. The Morgan fingerprint density at radius 2 is 2.24 bits per heavy atom. The number of aliphatic hydroxyl groups excluding tert-OH is 1. The highest BCUT2D eigenvalue weighted by Gasteiger charge is 2.13. The van der Waals surface area contributed by atoms with Crippen molar-refractivity contribution in [2.45, 2.75) is 19.4 Å². The summed E-state index contributed by atoms with van der Waals surface area (Å²) in [6.45, 7) is 2.06. The fraction of sp³-hybridized carbons (Fsp3) is 0.308. The lowest BCUT2D eigenvalue weighted by Crippen LogP contribution is -2.04. The molecule has 1 aromatic heterocycles. The van der Waals surface area contributed by atoms with Crippen molar-refractivity contribution in [3.05, 3.63) is 50.9 Å². The Hall–Kier alpha value is -0.880. The Morgan fingerprint density at radius 3 is 2.88 bits per heavy atom. The number of aromatic nitrogens is 2. The Balaban J connectivity index is 2.20. The maximum absolute atomic E-state index is 10.2. The smallest absolute Gasteiger partial charge is 0.0841 e. The molecule has 1 unspecified atom stereocenters. The van der Waals surface area contributed by atoms with E-state index in [1.807, 2.05) is 25.4 Å². The van der Waals surface area contributed by atoms with Crippen molar-refractivity contribution in [1.29, 1.82) is 0 Å². The average molecular weight is 342 g/mol. The Bertz CT molecular complexity index is 522. The van der Waals surface area contributed by atoms with Crippen molar-refractivity contribution < 1.29 is 5.11 Å². The van der Waals surface area contributed by atoms with Gasteiger partial charge in [0, 0.05) is 23.2 Å². The minimum atomic E-state index is -0.467. The lowest BCUT2D eigenvalue weighted by Gasteiger charge is -2.13. The van der Waals surface area contributed by atoms with Gasteiger partial charge in [-0.3, -0.25) is 4.68 Å². The molecule has 0 radical (unpaired) electrons. The summed E-state index contributed by atoms with van der Waals surface area (Å²) in [6, 6.07) is 6.02. The molecule has 1 atom stereocenters. The van der Waals surface area contributed by atoms with Crippen LogP contribution in [0.4, 0.5) is 0 Å². The second kappa shape index (κ2) is 5.18. The lowest BCUT2D eigenvalue weighted by molar-refractivity contribution is 0.177. The van der Waals surface area contributed by atoms with Gasteiger partial charge < -0.3 is 5.11 Å². The van der Waals surface area contributed by atoms with Crippen LogP contribution in [-0.4, -0.2) is 14.9 Å². The average Bonchev–Trinajstić information content (AvgIpc) is 2.68. The molecule has 17 heavy (non-hydrogen) atoms. The van der Waals surface area contributed by atoms with Crippen LogP contribution in [0.1, 0.15) is 22.8 Å². The zero-order valence-corrected chi connectivity index (χ0v) is 12.0. The first-order valence-corrected chi connectivity index (χ1v) is 6.56. The summed E-state index contributed by atoms with van der Waals surface area (Å²) in [5, 5.41) is 14.4. The largest absolute Gasteiger partial charge is 0.388 e. The summed E-state index contributed by atoms with van der Waals surface area (Å²) in [5.74, 6) is 0. The van der Waals surface area contributed by atoms with E-state index in [0.29, 0.717) is 6.42 Å². The van der Waals surface area contributed by atoms with Crippen LogP contribution in [0.5, 0.6) is 0 Å². The van der Waals surface area contributed by atoms with Gasteiger partial charge in [0.25, 0.3) is 0 Å². The predicted octanol–water partition coefficient (Wildman–Crippen LogP) is 2.61. The summed E-state index contributed by atoms with van der Waals surface area (Å²) >= 11 is 2.29. The third-order valence-electron chi connectivity index (χ3n) is 2.77. The number of nitrogens with zero attached hydrogens (tertiary/aromatic N) is 2. The fourth-order valence-electron chi connectivity index (χ4n) is 1.84. The van der Waals surface area contributed by atoms with E-state index in [4.69, 9.17) is 0 Å². The van der Waals surface area contributed by atoms with Crippen LogP contribution in [0.2, 0.25) is 0 Å². The Kier molecular flexibility index (Phi) is 3.83. The van der Waals surface area contributed by atoms with E-state index in [1.54, 1.807) is 10.9 Å². The summed E-state index contributed by atoms with van der Waals surface area (Å²) in [5.41, 5.74) is 3.25. The second-order valence-corrected chi connectivity index (χ2v) is 5.30. The molecule has 0 aliphatic carbocycles. The third kappa shape index (κ3) is 2.87. The van der Waals surface area contributed by atoms with Crippen LogP contribution in [0.3, 0.4) is 0 Å². The van der Waals surface area contributed by atoms with Crippen LogP contribution < -0.4 is 0 Å². The fourth-order valence-corrected chi connectivity index (χ4v) is 2.56. The first-order valence-electron chi connectivity index (χ1n) is 5.48. The van der Waals surface area contributed by atoms with E-state index in [2.05, 4.69) is 40.7 Å². The van der Waals surface area contributed by atoms with Crippen LogP contribution in [0, 0.1) is 10.5 Å². The third-order valence-corrected chi connectivity index (χ3v) is 4.24. The van der Waals surface area contributed by atoms with Crippen molar-refractivity contribution in [2.75, 3.05) is 0 Å². The van der Waals surface area contributed by atoms with Crippen molar-refractivity contribution in [2.24, 2.45) is 7.05 Å². The van der Waals surface area contributed by atoms with E-state index in [0.717, 1.165) is 14.7 Å². The number of halogens is 1. The number of hydrogen-bond acceptors (Lipinski definition) is 2. The van der Waals surface area contributed by atoms with E-state index in [-0.39, 0.29) is 0 Å². The molecular weight excluding hydrogens is 327 g/mol. The summed E-state index contributed by atoms with van der Waals surface area (Å²) in [6.07, 6.45) is 3.87. The summed E-state index contributed by atoms with van der Waals surface area (Å²) < 4.78 is 2.89. The molecule has 3 nitrogen and oxygen atoms in total. The SMILES string of the molecule is Cc1cccc(C(O)Cc2cnn(C)c2)c1I. The van der Waals surface area contributed by atoms with Crippen molar-refractivity contribution >= 4 is 22.6 Å². The second-order valence-electron chi connectivity index (χ2n) is 4.22. The van der Waals surface area contributed by atoms with Crippen LogP contribution in [0.15, 0.2) is 30.6 Å². The van der Waals surface area contributed by atoms with Gasteiger partial charge in [0.05, 0.1) is 12.3 Å². The van der Waals surface area contributed by atoms with Gasteiger partial charge in [0.2, 0.25) is 0 Å². The molecule has 4 heteroatoms. The zero-order chi connectivity index (χ0) is 12.4. The highest BCUT2D eigenvalue weighted by atomic mass is 127. The Morgan fingerprint density at radius 1 is 1.47 bits per heavy atom. The number of aryl methyl sites for hydroxylation is 2. The van der Waals surface area contributed by atoms with E-state index < -0.39 is 6.10 Å². The maximum atomic E-state index is 10.2. The monoisotopic (exact) mass is 342 g/mol. The number of hydrogen-bond donors (Lipinski definition) is 1. The molecule has 90 valence electrons. The quantitative estimate of drug-likeness (QED) is 0.871. The van der Waals surface area contributed by atoms with Crippen LogP contribution in [-0.2, 0) is 13.5 Å². The van der Waals surface area contributed by atoms with Gasteiger partial charge >= 0.3 is 0 Å². The molecule has 1 heterocycles. The molecule has 0 spiro atoms. The topological polar surface area (TPSA) is 38.1 Å². The first-order chi connectivity index (χ1) is 8.08. The van der Waals surface area contributed by atoms with Crippen molar-refractivity contribution in [3.63, 3.8) is 0 Å². The van der Waals surface area contributed by atoms with E-state index in [9.17, 15) is 5.11 Å². The molecule has 0 aliphatic heterocycles. The van der Waals surface area contributed by atoms with Crippen molar-refractivity contribution in [1.82, 2.24) is 9.78 Å². The molecule has 0 fully saturated rings. The van der Waals surface area contributed by atoms with E-state index >= 15 is 0 Å². The van der Waals surface area contributed by atoms with Gasteiger partial charge in [-0.15, -0.1) is 0 Å². The molecule has 0 aliphatic rings. The van der Waals surface area contributed by atoms with Gasteiger partial charge in [-0.2, -0.15) is 5.10 Å². The summed E-state index contributed by atoms with van der Waals surface area (Å²) in [7, 11) is 1.88. The zero-order valence-electron chi connectivity index (χ0n) is 9.89. The molecule has 2 aromatic rings. The molecule has 1 aromatic carbocycles. The molecule has 0 saturated carbocycles. The predicted molar refractivity (Wildman–Crippen MR) is 75.8 cm³/mol. The van der Waals surface area contributed by atoms with E-state index in [1.165, 1.54) is 5.56 Å². The van der Waals surface area contributed by atoms with Gasteiger partial charge in [-0.05, 0) is 46.2 Å². The molecular formula is C13H15IN2O. The summed E-state index contributed by atoms with van der Waals surface area (Å²) in [4.78, 5) is 0. The lowest BCUT2D eigenvalue weighted by atomic mass is 10.0.